The lowest BCUT2D eigenvalue weighted by Crippen LogP contribution is -2.16. The summed E-state index contributed by atoms with van der Waals surface area (Å²) in [7, 11) is 0. The lowest BCUT2D eigenvalue weighted by Gasteiger charge is -2.26. The number of aliphatic hydroxyl groups is 1. The van der Waals surface area contributed by atoms with Crippen LogP contribution in [0.5, 0.6) is 0 Å². The van der Waals surface area contributed by atoms with Crippen molar-refractivity contribution in [2.75, 3.05) is 0 Å². The summed E-state index contributed by atoms with van der Waals surface area (Å²) in [6.07, 6.45) is -0.846. The Morgan fingerprint density at radius 3 is 2.07 bits per heavy atom. The molecule has 0 saturated heterocycles. The quantitative estimate of drug-likeness (QED) is 0.237. The minimum absolute atomic E-state index is 0.0622. The van der Waals surface area contributed by atoms with Gasteiger partial charge in [0.05, 0.1) is 22.1 Å². The molecule has 3 aromatic heterocycles. The number of aromatic nitrogens is 4. The minimum atomic E-state index is -0.846. The smallest absolute Gasteiger partial charge is 0.264 e. The number of hydrogen-bond acceptors (Lipinski definition) is 4. The summed E-state index contributed by atoms with van der Waals surface area (Å²) in [5, 5.41) is 17.2. The first-order chi connectivity index (χ1) is 20.7. The number of hydrogen-bond donors (Lipinski definition) is 1. The fourth-order valence-corrected chi connectivity index (χ4v) is 7.23. The molecule has 0 aliphatic carbocycles. The molecule has 1 N–H and O–H groups in total. The van der Waals surface area contributed by atoms with Crippen molar-refractivity contribution in [3.63, 3.8) is 0 Å². The Labute approximate surface area is 237 Å². The Balaban J connectivity index is 1.30. The van der Waals surface area contributed by atoms with Crippen LogP contribution in [-0.2, 0) is 0 Å². The average molecular weight is 541 g/mol. The molecule has 9 aromatic rings. The fourth-order valence-electron chi connectivity index (χ4n) is 7.23. The highest BCUT2D eigenvalue weighted by molar-refractivity contribution is 6.21. The zero-order chi connectivity index (χ0) is 27.7. The second-order valence-electron chi connectivity index (χ2n) is 11.1. The van der Waals surface area contributed by atoms with Crippen LogP contribution in [0.15, 0.2) is 114 Å². The van der Waals surface area contributed by atoms with Gasteiger partial charge in [-0.3, -0.25) is 13.8 Å². The molecular weight excluding hydrogens is 520 g/mol. The number of aliphatic hydroxyl groups excluding tert-OH is 1. The van der Waals surface area contributed by atoms with Gasteiger partial charge in [-0.25, -0.2) is 9.97 Å². The zero-order valence-electron chi connectivity index (χ0n) is 22.1. The van der Waals surface area contributed by atoms with Gasteiger partial charge in [-0.1, -0.05) is 78.9 Å². The molecule has 6 aromatic carbocycles. The largest absolute Gasteiger partial charge is 0.369 e. The predicted octanol–water partition coefficient (Wildman–Crippen LogP) is 7.28. The Morgan fingerprint density at radius 2 is 1.24 bits per heavy atom. The minimum Gasteiger partial charge on any atom is -0.369 e. The van der Waals surface area contributed by atoms with Crippen molar-refractivity contribution in [1.29, 1.82) is 0 Å². The second kappa shape index (κ2) is 7.57. The average Bonchev–Trinajstić information content (AvgIpc) is 3.62. The van der Waals surface area contributed by atoms with Crippen molar-refractivity contribution in [2.45, 2.75) is 6.23 Å². The lowest BCUT2D eigenvalue weighted by molar-refractivity contribution is 0.152. The number of nitrogens with zero attached hydrogens (tertiary/aromatic N) is 4. The number of para-hydroxylation sites is 4. The molecule has 6 heteroatoms. The van der Waals surface area contributed by atoms with Crippen molar-refractivity contribution in [3.8, 4) is 22.5 Å². The van der Waals surface area contributed by atoms with Crippen LogP contribution in [0, 0.1) is 0 Å². The maximum atomic E-state index is 13.9. The molecule has 1 atom stereocenters. The third kappa shape index (κ3) is 2.56. The number of pyridine rings is 1. The Kier molecular flexibility index (Phi) is 3.99. The third-order valence-corrected chi connectivity index (χ3v) is 9.00. The van der Waals surface area contributed by atoms with Crippen LogP contribution in [0.2, 0.25) is 0 Å². The summed E-state index contributed by atoms with van der Waals surface area (Å²) < 4.78 is 3.66. The van der Waals surface area contributed by atoms with Crippen molar-refractivity contribution >= 4 is 60.0 Å². The van der Waals surface area contributed by atoms with E-state index < -0.39 is 6.23 Å². The van der Waals surface area contributed by atoms with E-state index in [0.29, 0.717) is 11.0 Å². The Morgan fingerprint density at radius 1 is 0.571 bits per heavy atom. The van der Waals surface area contributed by atoms with Crippen molar-refractivity contribution in [3.05, 3.63) is 125 Å². The molecule has 0 saturated carbocycles. The van der Waals surface area contributed by atoms with E-state index in [9.17, 15) is 9.90 Å². The fraction of sp³-hybridized carbons (Fsp3) is 0.0278. The van der Waals surface area contributed by atoms with E-state index in [1.807, 2.05) is 71.3 Å². The van der Waals surface area contributed by atoms with Gasteiger partial charge in [-0.2, -0.15) is 0 Å². The van der Waals surface area contributed by atoms with E-state index in [4.69, 9.17) is 9.97 Å². The second-order valence-corrected chi connectivity index (χ2v) is 11.1. The predicted molar refractivity (Wildman–Crippen MR) is 167 cm³/mol. The van der Waals surface area contributed by atoms with Crippen LogP contribution in [0.3, 0.4) is 0 Å². The molecule has 0 amide bonds. The van der Waals surface area contributed by atoms with Crippen molar-refractivity contribution < 1.29 is 5.11 Å². The normalized spacial score (nSPS) is 14.6. The first-order valence-electron chi connectivity index (χ1n) is 14.0. The van der Waals surface area contributed by atoms with Gasteiger partial charge in [0.15, 0.2) is 6.23 Å². The summed E-state index contributed by atoms with van der Waals surface area (Å²) >= 11 is 0. The van der Waals surface area contributed by atoms with Gasteiger partial charge < -0.3 is 5.11 Å². The standard InChI is InChI=1S/C36H20N4O2/c41-35-25-17-15-19(21-7-5-9-23(31(21)25)33-37-27-11-1-3-13-29(27)39(33)35)20-16-18-26-32-22(20)8-6-10-24(32)34-38-28-12-2-4-14-30(28)40(34)36(26)42/h1-18,35,41H. The highest BCUT2D eigenvalue weighted by Crippen LogP contribution is 2.46. The highest BCUT2D eigenvalue weighted by Gasteiger charge is 2.29. The molecule has 42 heavy (non-hydrogen) atoms. The molecule has 0 radical (unpaired) electrons. The van der Waals surface area contributed by atoms with Crippen LogP contribution in [0.25, 0.3) is 82.5 Å². The van der Waals surface area contributed by atoms with Crippen LogP contribution in [0.4, 0.5) is 0 Å². The molecule has 6 nitrogen and oxygen atoms in total. The van der Waals surface area contributed by atoms with E-state index in [2.05, 4.69) is 42.5 Å². The molecule has 4 heterocycles. The first-order valence-corrected chi connectivity index (χ1v) is 14.0. The maximum Gasteiger partial charge on any atom is 0.264 e. The molecule has 1 aliphatic heterocycles. The van der Waals surface area contributed by atoms with Crippen molar-refractivity contribution in [2.24, 2.45) is 0 Å². The molecule has 0 bridgehead atoms. The zero-order valence-corrected chi connectivity index (χ0v) is 22.1. The van der Waals surface area contributed by atoms with E-state index in [0.717, 1.165) is 77.1 Å². The lowest BCUT2D eigenvalue weighted by atomic mass is 9.87. The van der Waals surface area contributed by atoms with Crippen LogP contribution >= 0.6 is 0 Å². The van der Waals surface area contributed by atoms with E-state index in [-0.39, 0.29) is 5.56 Å². The molecule has 196 valence electrons. The van der Waals surface area contributed by atoms with Crippen LogP contribution in [-0.4, -0.2) is 24.0 Å². The van der Waals surface area contributed by atoms with E-state index in [1.165, 1.54) is 0 Å². The molecule has 10 rings (SSSR count). The third-order valence-electron chi connectivity index (χ3n) is 9.00. The van der Waals surface area contributed by atoms with Gasteiger partial charge >= 0.3 is 0 Å². The summed E-state index contributed by atoms with van der Waals surface area (Å²) in [6, 6.07) is 36.3. The molecule has 1 aliphatic rings. The van der Waals surface area contributed by atoms with Gasteiger partial charge in [-0.15, -0.1) is 0 Å². The van der Waals surface area contributed by atoms with E-state index >= 15 is 0 Å². The first kappa shape index (κ1) is 22.1. The maximum absolute atomic E-state index is 13.9. The summed E-state index contributed by atoms with van der Waals surface area (Å²) in [6.45, 7) is 0. The molecule has 1 unspecified atom stereocenters. The van der Waals surface area contributed by atoms with E-state index in [1.54, 1.807) is 4.40 Å². The topological polar surface area (TPSA) is 72.4 Å². The van der Waals surface area contributed by atoms with Gasteiger partial charge in [0.25, 0.3) is 5.56 Å². The van der Waals surface area contributed by atoms with Gasteiger partial charge in [0.2, 0.25) is 0 Å². The number of imidazole rings is 2. The summed E-state index contributed by atoms with van der Waals surface area (Å²) in [5.74, 6) is 0.764. The number of rotatable bonds is 1. The monoisotopic (exact) mass is 540 g/mol. The number of fused-ring (bicyclic) bond motifs is 8. The molecular formula is C36H20N4O2. The van der Waals surface area contributed by atoms with Crippen molar-refractivity contribution in [1.82, 2.24) is 18.9 Å². The summed E-state index contributed by atoms with van der Waals surface area (Å²) in [5.41, 5.74) is 7.93. The van der Waals surface area contributed by atoms with Gasteiger partial charge in [0.1, 0.15) is 11.5 Å². The number of benzene rings is 6. The summed E-state index contributed by atoms with van der Waals surface area (Å²) in [4.78, 5) is 23.7. The highest BCUT2D eigenvalue weighted by atomic mass is 16.3. The van der Waals surface area contributed by atoms with Gasteiger partial charge in [0, 0.05) is 32.7 Å². The Bertz CT molecular complexity index is 2680. The molecule has 0 spiro atoms. The van der Waals surface area contributed by atoms with Crippen LogP contribution < -0.4 is 5.56 Å². The van der Waals surface area contributed by atoms with Crippen LogP contribution in [0.1, 0.15) is 11.8 Å². The van der Waals surface area contributed by atoms with Gasteiger partial charge in [-0.05, 0) is 52.2 Å². The molecule has 0 fully saturated rings. The Hall–Kier alpha value is -5.59. The SMILES string of the molecule is O=c1c2ccc(-c3ccc4c5c(cccc35)-c3nc5ccccc5n3C4O)c3cccc(c32)c2nc3ccccc3n12.